The summed E-state index contributed by atoms with van der Waals surface area (Å²) >= 11 is 19.4. The molecular formula is C24H31Cl3N4O2Si. The zero-order chi connectivity index (χ0) is 25.4. The van der Waals surface area contributed by atoms with Crippen LogP contribution in [0.2, 0.25) is 33.3 Å². The molecule has 0 fully saturated rings. The molecule has 0 aliphatic heterocycles. The zero-order valence-electron chi connectivity index (χ0n) is 20.8. The molecule has 1 atom stereocenters. The fourth-order valence-electron chi connectivity index (χ4n) is 3.21. The number of hydrogen-bond donors (Lipinski definition) is 0. The summed E-state index contributed by atoms with van der Waals surface area (Å²) in [6, 6.07) is 5.40. The number of aromatic nitrogens is 4. The highest BCUT2D eigenvalue weighted by Gasteiger charge is 2.38. The van der Waals surface area contributed by atoms with Crippen molar-refractivity contribution in [2.75, 3.05) is 6.61 Å². The summed E-state index contributed by atoms with van der Waals surface area (Å²) in [5.41, 5.74) is 2.57. The maximum Gasteiger partial charge on any atom is 0.192 e. The minimum Gasteiger partial charge on any atom is -0.491 e. The van der Waals surface area contributed by atoms with Crippen molar-refractivity contribution in [2.45, 2.75) is 58.9 Å². The van der Waals surface area contributed by atoms with Gasteiger partial charge in [0.2, 0.25) is 0 Å². The van der Waals surface area contributed by atoms with E-state index in [4.69, 9.17) is 48.9 Å². The highest BCUT2D eigenvalue weighted by Crippen LogP contribution is 2.38. The molecule has 3 rings (SSSR count). The largest absolute Gasteiger partial charge is 0.491 e. The van der Waals surface area contributed by atoms with Crippen LogP contribution in [-0.2, 0) is 11.5 Å². The third-order valence-corrected chi connectivity index (χ3v) is 11.7. The molecule has 2 aromatic heterocycles. The van der Waals surface area contributed by atoms with Crippen LogP contribution in [0, 0.1) is 6.92 Å². The molecule has 184 valence electrons. The Labute approximate surface area is 217 Å². The molecule has 0 radical (unpaired) electrons. The lowest BCUT2D eigenvalue weighted by molar-refractivity contribution is 0.129. The van der Waals surface area contributed by atoms with Crippen LogP contribution in [0.4, 0.5) is 0 Å². The summed E-state index contributed by atoms with van der Waals surface area (Å²) < 4.78 is 14.1. The van der Waals surface area contributed by atoms with E-state index in [0.717, 1.165) is 0 Å². The first-order valence-electron chi connectivity index (χ1n) is 11.0. The third-order valence-electron chi connectivity index (χ3n) is 6.17. The Morgan fingerprint density at radius 3 is 2.35 bits per heavy atom. The Bertz CT molecular complexity index is 1170. The van der Waals surface area contributed by atoms with E-state index in [0.29, 0.717) is 55.9 Å². The first-order valence-corrected chi connectivity index (χ1v) is 15.1. The van der Waals surface area contributed by atoms with Crippen molar-refractivity contribution in [1.29, 1.82) is 0 Å². The Balaban J connectivity index is 1.89. The van der Waals surface area contributed by atoms with Crippen LogP contribution in [-0.4, -0.2) is 40.8 Å². The molecule has 0 aliphatic carbocycles. The Morgan fingerprint density at radius 1 is 1.09 bits per heavy atom. The molecule has 0 unspecified atom stereocenters. The van der Waals surface area contributed by atoms with Crippen molar-refractivity contribution >= 4 is 43.1 Å². The van der Waals surface area contributed by atoms with Gasteiger partial charge in [0.05, 0.1) is 28.0 Å². The van der Waals surface area contributed by atoms with E-state index in [9.17, 15) is 0 Å². The fourth-order valence-corrected chi connectivity index (χ4v) is 5.26. The average molecular weight is 542 g/mol. The van der Waals surface area contributed by atoms with Crippen LogP contribution in [0.1, 0.15) is 33.3 Å². The smallest absolute Gasteiger partial charge is 0.192 e. The van der Waals surface area contributed by atoms with E-state index >= 15 is 0 Å². The van der Waals surface area contributed by atoms with Crippen LogP contribution in [0.5, 0.6) is 5.75 Å². The normalized spacial score (nSPS) is 13.3. The van der Waals surface area contributed by atoms with Gasteiger partial charge in [0.25, 0.3) is 0 Å². The molecular weight excluding hydrogens is 511 g/mol. The molecule has 0 amide bonds. The second-order valence-electron chi connectivity index (χ2n) is 9.92. The molecule has 0 spiro atoms. The summed E-state index contributed by atoms with van der Waals surface area (Å²) in [5, 5.41) is 5.61. The van der Waals surface area contributed by atoms with Gasteiger partial charge in [-0.3, -0.25) is 4.68 Å². The number of nitrogens with zero attached hydrogens (tertiary/aromatic N) is 4. The van der Waals surface area contributed by atoms with Gasteiger partial charge in [-0.25, -0.2) is 9.97 Å². The molecule has 0 saturated heterocycles. The van der Waals surface area contributed by atoms with Gasteiger partial charge in [-0.2, -0.15) is 5.10 Å². The van der Waals surface area contributed by atoms with Gasteiger partial charge >= 0.3 is 0 Å². The Hall–Kier alpha value is -1.64. The lowest BCUT2D eigenvalue weighted by atomic mass is 10.1. The molecule has 34 heavy (non-hydrogen) atoms. The van der Waals surface area contributed by atoms with Crippen molar-refractivity contribution < 1.29 is 9.16 Å². The Kier molecular flexibility index (Phi) is 8.05. The van der Waals surface area contributed by atoms with E-state index in [2.05, 4.69) is 43.9 Å². The lowest BCUT2D eigenvalue weighted by Crippen LogP contribution is -2.44. The average Bonchev–Trinajstić information content (AvgIpc) is 3.06. The maximum atomic E-state index is 6.52. The van der Waals surface area contributed by atoms with Gasteiger partial charge in [0.15, 0.2) is 14.1 Å². The quantitative estimate of drug-likeness (QED) is 0.228. The summed E-state index contributed by atoms with van der Waals surface area (Å²) in [6.07, 6.45) is 1.52. The molecule has 0 bridgehead atoms. The third kappa shape index (κ3) is 5.77. The number of halogens is 3. The minimum absolute atomic E-state index is 0.0522. The van der Waals surface area contributed by atoms with Gasteiger partial charge in [-0.15, -0.1) is 0 Å². The predicted octanol–water partition coefficient (Wildman–Crippen LogP) is 7.60. The van der Waals surface area contributed by atoms with E-state index in [1.165, 1.54) is 0 Å². The van der Waals surface area contributed by atoms with Crippen LogP contribution in [0.3, 0.4) is 0 Å². The predicted molar refractivity (Wildman–Crippen MR) is 143 cm³/mol. The topological polar surface area (TPSA) is 62.1 Å². The first-order chi connectivity index (χ1) is 15.7. The molecule has 2 heterocycles. The van der Waals surface area contributed by atoms with E-state index < -0.39 is 8.32 Å². The number of benzene rings is 1. The second kappa shape index (κ2) is 10.2. The van der Waals surface area contributed by atoms with E-state index in [1.807, 2.05) is 26.0 Å². The van der Waals surface area contributed by atoms with Crippen LogP contribution in [0.25, 0.3) is 22.8 Å². The molecule has 3 aromatic rings. The molecule has 0 aliphatic rings. The molecule has 1 aromatic carbocycles. The van der Waals surface area contributed by atoms with E-state index in [-0.39, 0.29) is 11.1 Å². The number of aryl methyl sites for hydroxylation is 1. The van der Waals surface area contributed by atoms with Crippen molar-refractivity contribution in [3.05, 3.63) is 45.2 Å². The summed E-state index contributed by atoms with van der Waals surface area (Å²) in [7, 11) is -0.0897. The van der Waals surface area contributed by atoms with Gasteiger partial charge < -0.3 is 9.16 Å². The van der Waals surface area contributed by atoms with Gasteiger partial charge in [0.1, 0.15) is 23.2 Å². The molecule has 0 saturated carbocycles. The lowest BCUT2D eigenvalue weighted by Gasteiger charge is -2.38. The maximum absolute atomic E-state index is 6.52. The first kappa shape index (κ1) is 27.0. The van der Waals surface area contributed by atoms with Crippen LogP contribution >= 0.6 is 34.8 Å². The van der Waals surface area contributed by atoms with Crippen LogP contribution in [0.15, 0.2) is 24.4 Å². The molecule has 6 nitrogen and oxygen atoms in total. The molecule has 0 N–H and O–H groups in total. The zero-order valence-corrected chi connectivity index (χ0v) is 24.1. The van der Waals surface area contributed by atoms with E-state index in [1.54, 1.807) is 24.0 Å². The summed E-state index contributed by atoms with van der Waals surface area (Å²) in [4.78, 5) is 9.21. The van der Waals surface area contributed by atoms with Gasteiger partial charge in [-0.05, 0) is 50.2 Å². The monoisotopic (exact) mass is 540 g/mol. The summed E-state index contributed by atoms with van der Waals surface area (Å²) in [6.45, 7) is 15.4. The number of ether oxygens (including phenoxy) is 1. The highest BCUT2D eigenvalue weighted by atomic mass is 35.5. The Morgan fingerprint density at radius 2 is 1.76 bits per heavy atom. The van der Waals surface area contributed by atoms with Gasteiger partial charge in [0, 0.05) is 18.2 Å². The second-order valence-corrected chi connectivity index (χ2v) is 15.8. The summed E-state index contributed by atoms with van der Waals surface area (Å²) in [5.74, 6) is 1.02. The fraction of sp³-hybridized carbons (Fsp3) is 0.458. The van der Waals surface area contributed by atoms with Crippen molar-refractivity contribution in [1.82, 2.24) is 19.7 Å². The number of rotatable bonds is 7. The van der Waals surface area contributed by atoms with Crippen molar-refractivity contribution in [3.8, 4) is 28.5 Å². The van der Waals surface area contributed by atoms with Crippen LogP contribution < -0.4 is 4.74 Å². The van der Waals surface area contributed by atoms with Crippen molar-refractivity contribution in [2.24, 2.45) is 7.05 Å². The van der Waals surface area contributed by atoms with Crippen molar-refractivity contribution in [3.63, 3.8) is 0 Å². The van der Waals surface area contributed by atoms with Gasteiger partial charge in [-0.1, -0.05) is 55.6 Å². The molecule has 10 heteroatoms. The standard InChI is InChI=1S/C24H31Cl3N4O2Si/c1-14(33-34(7,8)24(3,4)5)13-32-16-9-10-18(25)17(11-16)23-29-20(15(2)22(27)30-23)21-19(26)12-28-31(21)6/h9-12,14H,13H2,1-8H3/t14-/m1/s1. The number of hydrogen-bond acceptors (Lipinski definition) is 5. The SMILES string of the molecule is Cc1c(Cl)nc(-c2cc(OC[C@@H](C)O[Si](C)(C)C(C)(C)C)ccc2Cl)nc1-c1c(Cl)cnn1C. The minimum atomic E-state index is -1.89. The highest BCUT2D eigenvalue weighted by molar-refractivity contribution is 6.74.